The minimum absolute atomic E-state index is 0.0399. The Balaban J connectivity index is 2.36. The number of piperidine rings is 1. The van der Waals surface area contributed by atoms with Gasteiger partial charge in [-0.3, -0.25) is 0 Å². The lowest BCUT2D eigenvalue weighted by atomic mass is 9.93. The maximum absolute atomic E-state index is 13.7. The molecule has 0 aromatic heterocycles. The van der Waals surface area contributed by atoms with Gasteiger partial charge in [-0.1, -0.05) is 0 Å². The molecule has 0 aliphatic carbocycles. The van der Waals surface area contributed by atoms with E-state index in [2.05, 4.69) is 0 Å². The van der Waals surface area contributed by atoms with E-state index >= 15 is 0 Å². The van der Waals surface area contributed by atoms with E-state index in [-0.39, 0.29) is 25.0 Å². The zero-order valence-electron chi connectivity index (χ0n) is 11.5. The van der Waals surface area contributed by atoms with Crippen molar-refractivity contribution in [1.82, 2.24) is 4.31 Å². The van der Waals surface area contributed by atoms with Crippen LogP contribution in [-0.2, 0) is 10.0 Å². The molecule has 4 nitrogen and oxygen atoms in total. The third kappa shape index (κ3) is 3.07. The van der Waals surface area contributed by atoms with Gasteiger partial charge in [0, 0.05) is 19.1 Å². The summed E-state index contributed by atoms with van der Waals surface area (Å²) in [7, 11) is -4.20. The molecule has 0 amide bonds. The highest BCUT2D eigenvalue weighted by molar-refractivity contribution is 7.89. The van der Waals surface area contributed by atoms with Gasteiger partial charge >= 0.3 is 0 Å². The van der Waals surface area contributed by atoms with Crippen LogP contribution in [0.2, 0.25) is 0 Å². The lowest BCUT2D eigenvalue weighted by Crippen LogP contribution is -2.45. The Hall–Kier alpha value is -1.12. The van der Waals surface area contributed by atoms with E-state index in [1.807, 2.05) is 0 Å². The summed E-state index contributed by atoms with van der Waals surface area (Å²) in [5.74, 6) is -4.92. The molecule has 0 spiro atoms. The maximum atomic E-state index is 13.7. The molecule has 1 fully saturated rings. The molecule has 1 aliphatic rings. The lowest BCUT2D eigenvalue weighted by molar-refractivity contribution is 0.242. The van der Waals surface area contributed by atoms with E-state index in [0.717, 1.165) is 16.8 Å². The molecule has 1 saturated heterocycles. The number of benzene rings is 1. The molecular formula is C13H17F3N2O2S. The van der Waals surface area contributed by atoms with Crippen LogP contribution in [0.1, 0.15) is 19.8 Å². The summed E-state index contributed by atoms with van der Waals surface area (Å²) in [5.41, 5.74) is 5.78. The monoisotopic (exact) mass is 322 g/mol. The summed E-state index contributed by atoms with van der Waals surface area (Å²) in [5, 5.41) is 0. The van der Waals surface area contributed by atoms with Crippen LogP contribution in [0, 0.1) is 23.4 Å². The third-order valence-electron chi connectivity index (χ3n) is 3.78. The fourth-order valence-corrected chi connectivity index (χ4v) is 4.06. The fraction of sp³-hybridized carbons (Fsp3) is 0.538. The van der Waals surface area contributed by atoms with Gasteiger partial charge in [0.25, 0.3) is 0 Å². The first-order valence-corrected chi connectivity index (χ1v) is 8.08. The van der Waals surface area contributed by atoms with E-state index in [1.54, 1.807) is 6.92 Å². The van der Waals surface area contributed by atoms with Gasteiger partial charge in [0.15, 0.2) is 17.5 Å². The molecule has 118 valence electrons. The van der Waals surface area contributed by atoms with Gasteiger partial charge in [0.1, 0.15) is 4.90 Å². The van der Waals surface area contributed by atoms with Crippen LogP contribution in [0.5, 0.6) is 0 Å². The number of halogens is 3. The van der Waals surface area contributed by atoms with Gasteiger partial charge in [-0.05, 0) is 37.8 Å². The first kappa shape index (κ1) is 16.3. The average Bonchev–Trinajstić information content (AvgIpc) is 2.44. The summed E-state index contributed by atoms with van der Waals surface area (Å²) in [6, 6.07) is 1.16. The molecule has 0 radical (unpaired) electrons. The number of nitrogens with two attached hydrogens (primary N) is 1. The predicted molar refractivity (Wildman–Crippen MR) is 71.4 cm³/mol. The Bertz CT molecular complexity index is 635. The summed E-state index contributed by atoms with van der Waals surface area (Å²) >= 11 is 0. The molecule has 1 aromatic carbocycles. The number of rotatable bonds is 3. The molecule has 2 atom stereocenters. The normalized spacial score (nSPS) is 22.2. The summed E-state index contributed by atoms with van der Waals surface area (Å²) in [6.07, 6.45) is 1.38. The molecule has 2 N–H and O–H groups in total. The van der Waals surface area contributed by atoms with Crippen LogP contribution in [0.4, 0.5) is 13.2 Å². The van der Waals surface area contributed by atoms with Gasteiger partial charge in [0.2, 0.25) is 10.0 Å². The molecule has 0 saturated carbocycles. The molecule has 2 rings (SSSR count). The fourth-order valence-electron chi connectivity index (χ4n) is 2.47. The van der Waals surface area contributed by atoms with Crippen LogP contribution in [0.25, 0.3) is 0 Å². The van der Waals surface area contributed by atoms with Crippen LogP contribution in [0.15, 0.2) is 17.0 Å². The molecule has 21 heavy (non-hydrogen) atoms. The van der Waals surface area contributed by atoms with Crippen LogP contribution < -0.4 is 5.73 Å². The Labute approximate surface area is 121 Å². The SMILES string of the molecule is C[C@@H](N)[C@H]1CCCN(S(=O)(=O)c2ccc(F)c(F)c2F)C1. The van der Waals surface area contributed by atoms with Crippen molar-refractivity contribution < 1.29 is 21.6 Å². The van der Waals surface area contributed by atoms with Crippen LogP contribution >= 0.6 is 0 Å². The van der Waals surface area contributed by atoms with Crippen molar-refractivity contribution in [3.8, 4) is 0 Å². The minimum atomic E-state index is -4.20. The predicted octanol–water partition coefficient (Wildman–Crippen LogP) is 1.85. The van der Waals surface area contributed by atoms with Crippen molar-refractivity contribution in [2.24, 2.45) is 11.7 Å². The summed E-state index contributed by atoms with van der Waals surface area (Å²) in [4.78, 5) is -0.841. The number of hydrogen-bond donors (Lipinski definition) is 1. The largest absolute Gasteiger partial charge is 0.328 e. The molecule has 8 heteroatoms. The van der Waals surface area contributed by atoms with Crippen LogP contribution in [-0.4, -0.2) is 31.9 Å². The summed E-state index contributed by atoms with van der Waals surface area (Å²) in [6.45, 7) is 2.14. The van der Waals surface area contributed by atoms with E-state index in [4.69, 9.17) is 5.73 Å². The van der Waals surface area contributed by atoms with Crippen molar-refractivity contribution in [2.75, 3.05) is 13.1 Å². The maximum Gasteiger partial charge on any atom is 0.246 e. The quantitative estimate of drug-likeness (QED) is 0.864. The highest BCUT2D eigenvalue weighted by atomic mass is 32.2. The first-order chi connectivity index (χ1) is 9.75. The summed E-state index contributed by atoms with van der Waals surface area (Å²) < 4.78 is 65.8. The second-order valence-electron chi connectivity index (χ2n) is 5.30. The molecule has 0 unspecified atom stereocenters. The van der Waals surface area contributed by atoms with Gasteiger partial charge in [-0.15, -0.1) is 0 Å². The van der Waals surface area contributed by atoms with Gasteiger partial charge in [0.05, 0.1) is 0 Å². The lowest BCUT2D eigenvalue weighted by Gasteiger charge is -2.33. The van der Waals surface area contributed by atoms with Crippen molar-refractivity contribution in [3.63, 3.8) is 0 Å². The zero-order chi connectivity index (χ0) is 15.8. The molecule has 0 bridgehead atoms. The second kappa shape index (κ2) is 5.94. The number of sulfonamides is 1. The van der Waals surface area contributed by atoms with Crippen molar-refractivity contribution >= 4 is 10.0 Å². The molecule has 1 aliphatic heterocycles. The highest BCUT2D eigenvalue weighted by Gasteiger charge is 2.34. The van der Waals surface area contributed by atoms with E-state index < -0.39 is 32.4 Å². The Morgan fingerprint density at radius 1 is 1.29 bits per heavy atom. The number of nitrogens with zero attached hydrogens (tertiary/aromatic N) is 1. The standard InChI is InChI=1S/C13H17F3N2O2S/c1-8(17)9-3-2-6-18(7-9)21(19,20)11-5-4-10(14)12(15)13(11)16/h4-5,8-9H,2-3,6-7,17H2,1H3/t8-,9+/m1/s1. The van der Waals surface area contributed by atoms with Crippen LogP contribution in [0.3, 0.4) is 0 Å². The van der Waals surface area contributed by atoms with Crippen molar-refractivity contribution in [2.45, 2.75) is 30.7 Å². The Morgan fingerprint density at radius 3 is 2.57 bits per heavy atom. The smallest absolute Gasteiger partial charge is 0.246 e. The molecule has 1 heterocycles. The molecular weight excluding hydrogens is 305 g/mol. The van der Waals surface area contributed by atoms with E-state index in [9.17, 15) is 21.6 Å². The molecule has 1 aromatic rings. The minimum Gasteiger partial charge on any atom is -0.328 e. The second-order valence-corrected chi connectivity index (χ2v) is 7.20. The average molecular weight is 322 g/mol. The van der Waals surface area contributed by atoms with E-state index in [0.29, 0.717) is 12.5 Å². The van der Waals surface area contributed by atoms with Gasteiger partial charge in [-0.2, -0.15) is 4.31 Å². The topological polar surface area (TPSA) is 63.4 Å². The Kier molecular flexibility index (Phi) is 4.60. The van der Waals surface area contributed by atoms with Gasteiger partial charge in [-0.25, -0.2) is 21.6 Å². The number of hydrogen-bond acceptors (Lipinski definition) is 3. The van der Waals surface area contributed by atoms with Crippen molar-refractivity contribution in [3.05, 3.63) is 29.6 Å². The highest BCUT2D eigenvalue weighted by Crippen LogP contribution is 2.27. The van der Waals surface area contributed by atoms with E-state index in [1.165, 1.54) is 0 Å². The Morgan fingerprint density at radius 2 is 1.95 bits per heavy atom. The zero-order valence-corrected chi connectivity index (χ0v) is 12.3. The first-order valence-electron chi connectivity index (χ1n) is 6.64. The van der Waals surface area contributed by atoms with Crippen molar-refractivity contribution in [1.29, 1.82) is 0 Å². The van der Waals surface area contributed by atoms with Gasteiger partial charge < -0.3 is 5.73 Å². The third-order valence-corrected chi connectivity index (χ3v) is 5.66.